The topological polar surface area (TPSA) is 92.0 Å². The van der Waals surface area contributed by atoms with Gasteiger partial charge in [0.1, 0.15) is 11.5 Å². The summed E-state index contributed by atoms with van der Waals surface area (Å²) < 4.78 is 5.10. The molecule has 0 fully saturated rings. The van der Waals surface area contributed by atoms with Gasteiger partial charge in [-0.15, -0.1) is 0 Å². The highest BCUT2D eigenvalue weighted by Crippen LogP contribution is 2.16. The van der Waals surface area contributed by atoms with E-state index in [1.165, 1.54) is 25.4 Å². The fraction of sp³-hybridized carbons (Fsp3) is 0.0714. The van der Waals surface area contributed by atoms with Crippen LogP contribution in [0.25, 0.3) is 0 Å². The van der Waals surface area contributed by atoms with Gasteiger partial charge in [0.05, 0.1) is 18.4 Å². The Balaban J connectivity index is 2.47. The van der Waals surface area contributed by atoms with Crippen LogP contribution in [0, 0.1) is 0 Å². The zero-order chi connectivity index (χ0) is 14.5. The molecular formula is C14H12N2O4. The maximum absolute atomic E-state index is 11.0. The average molecular weight is 272 g/mol. The van der Waals surface area contributed by atoms with Crippen molar-refractivity contribution in [1.29, 1.82) is 0 Å². The number of methoxy groups -OCH3 is 1. The molecule has 1 aromatic carbocycles. The zero-order valence-corrected chi connectivity index (χ0v) is 10.6. The summed E-state index contributed by atoms with van der Waals surface area (Å²) in [5.74, 6) is -0.477. The van der Waals surface area contributed by atoms with Gasteiger partial charge >= 0.3 is 5.97 Å². The molecule has 0 aliphatic carbocycles. The Hall–Kier alpha value is -2.89. The number of oxime groups is 1. The van der Waals surface area contributed by atoms with E-state index in [1.54, 1.807) is 24.3 Å². The molecule has 102 valence electrons. The molecule has 0 radical (unpaired) electrons. The first kappa shape index (κ1) is 13.5. The van der Waals surface area contributed by atoms with Crippen molar-refractivity contribution in [2.45, 2.75) is 0 Å². The van der Waals surface area contributed by atoms with Gasteiger partial charge in [0, 0.05) is 11.8 Å². The fourth-order valence-electron chi connectivity index (χ4n) is 1.72. The summed E-state index contributed by atoms with van der Waals surface area (Å²) in [6, 6.07) is 9.58. The Kier molecular flexibility index (Phi) is 3.95. The van der Waals surface area contributed by atoms with Crippen LogP contribution in [0.3, 0.4) is 0 Å². The highest BCUT2D eigenvalue weighted by Gasteiger charge is 2.13. The minimum absolute atomic E-state index is 0.0686. The van der Waals surface area contributed by atoms with Crippen LogP contribution in [0.4, 0.5) is 0 Å². The molecule has 0 spiro atoms. The van der Waals surface area contributed by atoms with Crippen LogP contribution in [0.2, 0.25) is 0 Å². The first-order valence-electron chi connectivity index (χ1n) is 5.72. The van der Waals surface area contributed by atoms with E-state index in [2.05, 4.69) is 10.1 Å². The van der Waals surface area contributed by atoms with Gasteiger partial charge in [-0.05, 0) is 24.3 Å². The quantitative estimate of drug-likeness (QED) is 0.504. The summed E-state index contributed by atoms with van der Waals surface area (Å²) >= 11 is 0. The number of aromatic nitrogens is 1. The first-order chi connectivity index (χ1) is 9.65. The van der Waals surface area contributed by atoms with Crippen molar-refractivity contribution in [1.82, 2.24) is 4.98 Å². The Morgan fingerprint density at radius 1 is 1.25 bits per heavy atom. The van der Waals surface area contributed by atoms with Gasteiger partial charge in [0.15, 0.2) is 0 Å². The molecule has 0 amide bonds. The third-order valence-electron chi connectivity index (χ3n) is 2.69. The Labute approximate surface area is 115 Å². The maximum atomic E-state index is 11.0. The lowest BCUT2D eigenvalue weighted by Crippen LogP contribution is -2.08. The predicted molar refractivity (Wildman–Crippen MR) is 71.6 cm³/mol. The minimum Gasteiger partial charge on any atom is -0.497 e. The van der Waals surface area contributed by atoms with Crippen molar-refractivity contribution < 1.29 is 19.8 Å². The van der Waals surface area contributed by atoms with Crippen LogP contribution < -0.4 is 4.74 Å². The van der Waals surface area contributed by atoms with E-state index in [4.69, 9.17) is 9.84 Å². The number of rotatable bonds is 4. The van der Waals surface area contributed by atoms with Crippen LogP contribution >= 0.6 is 0 Å². The first-order valence-corrected chi connectivity index (χ1v) is 5.72. The molecule has 0 aliphatic rings. The van der Waals surface area contributed by atoms with Gasteiger partial charge in [-0.3, -0.25) is 4.98 Å². The van der Waals surface area contributed by atoms with Crippen molar-refractivity contribution >= 4 is 11.7 Å². The SMILES string of the molecule is COc1cccc(/C(=N/O)c2cc(C(=O)O)ccn2)c1. The standard InChI is InChI=1S/C14H12N2O4/c1-20-11-4-2-3-9(7-11)13(16-19)12-8-10(14(17)18)5-6-15-12/h2-8,19H,1H3,(H,17,18)/b16-13-. The van der Waals surface area contributed by atoms with Gasteiger partial charge < -0.3 is 15.1 Å². The number of carboxylic acids is 1. The fourth-order valence-corrected chi connectivity index (χ4v) is 1.72. The van der Waals surface area contributed by atoms with Crippen LogP contribution in [0.15, 0.2) is 47.8 Å². The third kappa shape index (κ3) is 2.74. The number of benzene rings is 1. The van der Waals surface area contributed by atoms with Gasteiger partial charge in [-0.2, -0.15) is 0 Å². The highest BCUT2D eigenvalue weighted by molar-refractivity contribution is 6.12. The largest absolute Gasteiger partial charge is 0.497 e. The van der Waals surface area contributed by atoms with Crippen molar-refractivity contribution in [2.75, 3.05) is 7.11 Å². The lowest BCUT2D eigenvalue weighted by Gasteiger charge is -2.06. The van der Waals surface area contributed by atoms with Crippen LogP contribution in [0.5, 0.6) is 5.75 Å². The lowest BCUT2D eigenvalue weighted by molar-refractivity contribution is 0.0696. The monoisotopic (exact) mass is 272 g/mol. The summed E-state index contributed by atoms with van der Waals surface area (Å²) in [6.07, 6.45) is 1.35. The Morgan fingerprint density at radius 2 is 2.05 bits per heavy atom. The highest BCUT2D eigenvalue weighted by atomic mass is 16.5. The van der Waals surface area contributed by atoms with E-state index >= 15 is 0 Å². The molecule has 0 bridgehead atoms. The summed E-state index contributed by atoms with van der Waals surface area (Å²) in [4.78, 5) is 15.0. The molecule has 6 heteroatoms. The number of aromatic carboxylic acids is 1. The van der Waals surface area contributed by atoms with Crippen molar-refractivity contribution in [2.24, 2.45) is 5.16 Å². The zero-order valence-electron chi connectivity index (χ0n) is 10.6. The summed E-state index contributed by atoms with van der Waals surface area (Å²) in [5.41, 5.74) is 1.08. The van der Waals surface area contributed by atoms with E-state index in [-0.39, 0.29) is 17.0 Å². The second-order valence-corrected chi connectivity index (χ2v) is 3.92. The number of carbonyl (C=O) groups is 1. The average Bonchev–Trinajstić information content (AvgIpc) is 2.48. The number of ether oxygens (including phenoxy) is 1. The molecule has 0 atom stereocenters. The molecule has 2 aromatic rings. The molecule has 20 heavy (non-hydrogen) atoms. The Morgan fingerprint density at radius 3 is 2.70 bits per heavy atom. The summed E-state index contributed by atoms with van der Waals surface area (Å²) in [5, 5.41) is 21.4. The van der Waals surface area contributed by atoms with Gasteiger partial charge in [-0.25, -0.2) is 4.79 Å². The van der Waals surface area contributed by atoms with Gasteiger partial charge in [0.2, 0.25) is 0 Å². The normalized spacial score (nSPS) is 11.2. The predicted octanol–water partition coefficient (Wildman–Crippen LogP) is 2.01. The molecule has 6 nitrogen and oxygen atoms in total. The second-order valence-electron chi connectivity index (χ2n) is 3.92. The van der Waals surface area contributed by atoms with Gasteiger partial charge in [0.25, 0.3) is 0 Å². The lowest BCUT2D eigenvalue weighted by atomic mass is 10.1. The minimum atomic E-state index is -1.07. The van der Waals surface area contributed by atoms with E-state index in [1.807, 2.05) is 0 Å². The van der Waals surface area contributed by atoms with E-state index in [0.29, 0.717) is 11.3 Å². The number of hydrogen-bond donors (Lipinski definition) is 2. The molecule has 1 heterocycles. The van der Waals surface area contributed by atoms with E-state index in [9.17, 15) is 10.0 Å². The Bertz CT molecular complexity index is 668. The van der Waals surface area contributed by atoms with Crippen molar-refractivity contribution in [3.8, 4) is 5.75 Å². The molecule has 0 aliphatic heterocycles. The van der Waals surface area contributed by atoms with Crippen LogP contribution in [-0.4, -0.2) is 34.1 Å². The molecular weight excluding hydrogens is 260 g/mol. The smallest absolute Gasteiger partial charge is 0.335 e. The van der Waals surface area contributed by atoms with E-state index in [0.717, 1.165) is 0 Å². The van der Waals surface area contributed by atoms with Crippen LogP contribution in [-0.2, 0) is 0 Å². The molecule has 2 rings (SSSR count). The van der Waals surface area contributed by atoms with Gasteiger partial charge in [-0.1, -0.05) is 17.3 Å². The molecule has 2 N–H and O–H groups in total. The maximum Gasteiger partial charge on any atom is 0.335 e. The molecule has 0 saturated carbocycles. The number of pyridine rings is 1. The van der Waals surface area contributed by atoms with Crippen molar-refractivity contribution in [3.63, 3.8) is 0 Å². The van der Waals surface area contributed by atoms with Crippen LogP contribution in [0.1, 0.15) is 21.6 Å². The molecule has 0 saturated heterocycles. The third-order valence-corrected chi connectivity index (χ3v) is 2.69. The number of carboxylic acid groups (broad SMARTS) is 1. The van der Waals surface area contributed by atoms with E-state index < -0.39 is 5.97 Å². The number of hydrogen-bond acceptors (Lipinski definition) is 5. The molecule has 0 unspecified atom stereocenters. The summed E-state index contributed by atoms with van der Waals surface area (Å²) in [7, 11) is 1.53. The van der Waals surface area contributed by atoms with Crippen molar-refractivity contribution in [3.05, 3.63) is 59.4 Å². The summed E-state index contributed by atoms with van der Waals surface area (Å²) in [6.45, 7) is 0. The number of nitrogens with zero attached hydrogens (tertiary/aromatic N) is 2. The second kappa shape index (κ2) is 5.83. The molecule has 1 aromatic heterocycles.